The number of aliphatic carboxylic acids is 1. The summed E-state index contributed by atoms with van der Waals surface area (Å²) in [5.74, 6) is -0.833. The van der Waals surface area contributed by atoms with Crippen molar-refractivity contribution < 1.29 is 63.5 Å². The van der Waals surface area contributed by atoms with Crippen LogP contribution in [0.4, 0.5) is 0 Å². The van der Waals surface area contributed by atoms with Gasteiger partial charge in [0, 0.05) is 6.92 Å². The molecule has 0 aromatic heterocycles. The van der Waals surface area contributed by atoms with Gasteiger partial charge < -0.3 is 5.11 Å². The van der Waals surface area contributed by atoms with Crippen LogP contribution in [0, 0.1) is 0 Å². The number of carboxylic acids is 1. The fourth-order valence-corrected chi connectivity index (χ4v) is 1.85. The van der Waals surface area contributed by atoms with Crippen molar-refractivity contribution in [1.29, 1.82) is 0 Å². The van der Waals surface area contributed by atoms with Crippen molar-refractivity contribution in [3.8, 4) is 0 Å². The Kier molecular flexibility index (Phi) is 6.24. The molecule has 0 aromatic carbocycles. The van der Waals surface area contributed by atoms with E-state index in [1.54, 1.807) is 0 Å². The van der Waals surface area contributed by atoms with Crippen LogP contribution in [0.5, 0.6) is 0 Å². The molecular weight excluding hydrogens is 272 g/mol. The monoisotopic (exact) mass is 278 g/mol. The summed E-state index contributed by atoms with van der Waals surface area (Å²) in [6.07, 6.45) is 0. The first kappa shape index (κ1) is 15.1. The third-order valence-corrected chi connectivity index (χ3v) is 2.92. The summed E-state index contributed by atoms with van der Waals surface area (Å²) in [7, 11) is 0. The van der Waals surface area contributed by atoms with Crippen LogP contribution in [0.1, 0.15) is 6.92 Å². The molecule has 0 aliphatic heterocycles. The summed E-state index contributed by atoms with van der Waals surface area (Å²) in [5, 5.41) is 7.42. The predicted molar refractivity (Wildman–Crippen MR) is 21.6 cm³/mol. The molecule has 0 rings (SSSR count). The van der Waals surface area contributed by atoms with E-state index in [-0.39, 0.29) is 0 Å². The van der Waals surface area contributed by atoms with Gasteiger partial charge in [-0.15, -0.1) is 0 Å². The Balaban J connectivity index is 0. The van der Waals surface area contributed by atoms with Crippen molar-refractivity contribution in [3.63, 3.8) is 0 Å². The zero-order valence-electron chi connectivity index (χ0n) is 6.11. The first-order valence-electron chi connectivity index (χ1n) is 2.29. The Bertz CT molecular complexity index is 311. The van der Waals surface area contributed by atoms with E-state index in [1.165, 1.54) is 0 Å². The van der Waals surface area contributed by atoms with Crippen LogP contribution < -0.4 is 0 Å². The molecule has 11 heteroatoms. The van der Waals surface area contributed by atoms with Gasteiger partial charge in [-0.2, -0.15) is 0 Å². The topological polar surface area (TPSA) is 155 Å². The average Bonchev–Trinajstić information content (AvgIpc) is 1.47. The fourth-order valence-electron chi connectivity index (χ4n) is 0.109. The number of hydrogen-bond donors (Lipinski definition) is 3. The molecule has 0 atom stereocenters. The molecule has 0 amide bonds. The maximum atomic E-state index is 9.53. The summed E-state index contributed by atoms with van der Waals surface area (Å²) in [4.78, 5) is 9.00. The molecule has 0 bridgehead atoms. The van der Waals surface area contributed by atoms with E-state index in [0.29, 0.717) is 0 Å². The van der Waals surface area contributed by atoms with Gasteiger partial charge in [0.1, 0.15) is 0 Å². The van der Waals surface area contributed by atoms with Crippen LogP contribution in [0.2, 0.25) is 0 Å². The summed E-state index contributed by atoms with van der Waals surface area (Å²) >= 11 is -11.5. The third-order valence-electron chi connectivity index (χ3n) is 0.172. The molecular formula is C2H6Cr2O9. The van der Waals surface area contributed by atoms with Gasteiger partial charge in [0.25, 0.3) is 5.97 Å². The normalized spacial score (nSPS) is 11.3. The summed E-state index contributed by atoms with van der Waals surface area (Å²) in [6.45, 7) is 1.08. The first-order valence-corrected chi connectivity index (χ1v) is 6.56. The van der Waals surface area contributed by atoms with Gasteiger partial charge in [0.2, 0.25) is 0 Å². The molecule has 0 spiro atoms. The van der Waals surface area contributed by atoms with E-state index < -0.39 is 33.2 Å². The first-order chi connectivity index (χ1) is 5.44. The molecule has 0 saturated carbocycles. The molecule has 0 heterocycles. The average molecular weight is 278 g/mol. The molecule has 13 heavy (non-hydrogen) atoms. The number of carbonyl (C=O) groups is 1. The summed E-state index contributed by atoms with van der Waals surface area (Å²) in [5.41, 5.74) is 0. The Hall–Kier alpha value is -0.385. The maximum absolute atomic E-state index is 9.53. The second-order valence-corrected chi connectivity index (χ2v) is 5.20. The van der Waals surface area contributed by atoms with E-state index >= 15 is 0 Å². The van der Waals surface area contributed by atoms with Crippen LogP contribution in [-0.4, -0.2) is 19.4 Å². The van der Waals surface area contributed by atoms with E-state index in [9.17, 15) is 15.2 Å². The van der Waals surface area contributed by atoms with Crippen molar-refractivity contribution in [2.24, 2.45) is 0 Å². The minimum absolute atomic E-state index is 0.833. The van der Waals surface area contributed by atoms with Crippen molar-refractivity contribution in [3.05, 3.63) is 0 Å². The molecule has 9 nitrogen and oxygen atoms in total. The van der Waals surface area contributed by atoms with Crippen LogP contribution >= 0.6 is 0 Å². The van der Waals surface area contributed by atoms with Crippen LogP contribution in [0.15, 0.2) is 0 Å². The second kappa shape index (κ2) is 5.37. The molecule has 3 N–H and O–H groups in total. The Morgan fingerprint density at radius 2 is 1.23 bits per heavy atom. The Morgan fingerprint density at radius 1 is 1.08 bits per heavy atom. The van der Waals surface area contributed by atoms with Gasteiger partial charge >= 0.3 is 53.6 Å². The van der Waals surface area contributed by atoms with E-state index in [1.807, 2.05) is 0 Å². The van der Waals surface area contributed by atoms with Gasteiger partial charge in [0.05, 0.1) is 0 Å². The number of rotatable bonds is 2. The van der Waals surface area contributed by atoms with Gasteiger partial charge in [-0.1, -0.05) is 0 Å². The molecule has 80 valence electrons. The molecule has 0 aliphatic rings. The van der Waals surface area contributed by atoms with Crippen LogP contribution in [0.3, 0.4) is 0 Å². The molecule has 0 radical (unpaired) electrons. The van der Waals surface area contributed by atoms with Gasteiger partial charge in [-0.3, -0.25) is 4.79 Å². The molecule has 0 saturated heterocycles. The van der Waals surface area contributed by atoms with Crippen molar-refractivity contribution in [1.82, 2.24) is 0 Å². The second-order valence-electron chi connectivity index (χ2n) is 1.44. The quantitative estimate of drug-likeness (QED) is 0.542. The van der Waals surface area contributed by atoms with Gasteiger partial charge in [-0.05, 0) is 0 Å². The molecule has 0 fully saturated rings. The van der Waals surface area contributed by atoms with Crippen LogP contribution in [-0.2, 0) is 50.1 Å². The van der Waals surface area contributed by atoms with Crippen molar-refractivity contribution in [2.75, 3.05) is 0 Å². The number of carboxylic acid groups (broad SMARTS) is 1. The molecule has 0 aromatic rings. The van der Waals surface area contributed by atoms with Gasteiger partial charge in [-0.25, -0.2) is 0 Å². The van der Waals surface area contributed by atoms with Crippen LogP contribution in [0.25, 0.3) is 0 Å². The summed E-state index contributed by atoms with van der Waals surface area (Å²) < 4.78 is 56.3. The predicted octanol–water partition coefficient (Wildman–Crippen LogP) is -1.57. The summed E-state index contributed by atoms with van der Waals surface area (Å²) in [6, 6.07) is 0. The van der Waals surface area contributed by atoms with E-state index in [0.717, 1.165) is 6.92 Å². The van der Waals surface area contributed by atoms with Gasteiger partial charge in [0.15, 0.2) is 0 Å². The Labute approximate surface area is 76.7 Å². The molecule has 0 aliphatic carbocycles. The molecule has 0 unspecified atom stereocenters. The SMILES string of the molecule is CC(=O)O.[O]=[Cr](=[O])([OH])[O][Cr](=[O])(=[O])[OH]. The zero-order chi connectivity index (χ0) is 11.3. The zero-order valence-corrected chi connectivity index (χ0v) is 8.66. The Morgan fingerprint density at radius 3 is 1.23 bits per heavy atom. The fraction of sp³-hybridized carbons (Fsp3) is 0.500. The van der Waals surface area contributed by atoms with Crippen molar-refractivity contribution >= 4 is 5.97 Å². The van der Waals surface area contributed by atoms with Crippen molar-refractivity contribution in [2.45, 2.75) is 6.92 Å². The van der Waals surface area contributed by atoms with E-state index in [4.69, 9.17) is 18.2 Å². The number of hydrogen-bond acceptors (Lipinski definition) is 6. The minimum atomic E-state index is -5.76. The van der Waals surface area contributed by atoms with E-state index in [2.05, 4.69) is 2.84 Å². The standard InChI is InChI=1S/C2H4O2.2Cr.2H2O.5O/c1-2(3)4;;;;;;;;;/h1H3,(H,3,4);;;2*1H2;;;;;/q;2*+1;;;;;;;/p-2. The third kappa shape index (κ3) is 34.1.